The number of hydrogen-bond donors (Lipinski definition) is 1. The molecular formula is C13H16FNO2. The molecule has 1 N–H and O–H groups in total. The summed E-state index contributed by atoms with van der Waals surface area (Å²) in [5.74, 6) is -0.221. The molecule has 3 rings (SSSR count). The third-order valence-corrected chi connectivity index (χ3v) is 3.69. The van der Waals surface area contributed by atoms with E-state index in [-0.39, 0.29) is 18.0 Å². The van der Waals surface area contributed by atoms with Gasteiger partial charge in [0.2, 0.25) is 0 Å². The van der Waals surface area contributed by atoms with Crippen molar-refractivity contribution in [2.75, 3.05) is 6.61 Å². The number of hydroxylamine groups is 1. The van der Waals surface area contributed by atoms with Gasteiger partial charge in [0.1, 0.15) is 18.0 Å². The molecule has 0 saturated carbocycles. The molecule has 2 heterocycles. The van der Waals surface area contributed by atoms with E-state index < -0.39 is 5.54 Å². The van der Waals surface area contributed by atoms with Gasteiger partial charge in [-0.25, -0.2) is 4.39 Å². The van der Waals surface area contributed by atoms with Gasteiger partial charge in [0.05, 0.1) is 5.54 Å². The predicted molar refractivity (Wildman–Crippen MR) is 60.7 cm³/mol. The SMILES string of the molecule is C[C@]1(c2ccccc2F)NO[C@@H]2CCCO[C@@H]21. The van der Waals surface area contributed by atoms with E-state index in [1.165, 1.54) is 6.07 Å². The van der Waals surface area contributed by atoms with Gasteiger partial charge in [-0.1, -0.05) is 18.2 Å². The van der Waals surface area contributed by atoms with Crippen molar-refractivity contribution in [1.82, 2.24) is 5.48 Å². The first-order valence-electron chi connectivity index (χ1n) is 6.01. The molecule has 17 heavy (non-hydrogen) atoms. The maximum absolute atomic E-state index is 13.9. The van der Waals surface area contributed by atoms with Crippen molar-refractivity contribution < 1.29 is 14.0 Å². The molecular weight excluding hydrogens is 221 g/mol. The Morgan fingerprint density at radius 3 is 3.06 bits per heavy atom. The first kappa shape index (κ1) is 11.1. The lowest BCUT2D eigenvalue weighted by molar-refractivity contribution is -0.0652. The smallest absolute Gasteiger partial charge is 0.128 e. The minimum Gasteiger partial charge on any atom is -0.373 e. The summed E-state index contributed by atoms with van der Waals surface area (Å²) >= 11 is 0. The Labute approximate surface area is 99.9 Å². The molecule has 0 unspecified atom stereocenters. The first-order valence-corrected chi connectivity index (χ1v) is 6.01. The molecule has 92 valence electrons. The van der Waals surface area contributed by atoms with Gasteiger partial charge in [-0.05, 0) is 25.8 Å². The quantitative estimate of drug-likeness (QED) is 0.811. The summed E-state index contributed by atoms with van der Waals surface area (Å²) in [4.78, 5) is 5.54. The molecule has 3 atom stereocenters. The highest BCUT2D eigenvalue weighted by Crippen LogP contribution is 2.39. The monoisotopic (exact) mass is 237 g/mol. The van der Waals surface area contributed by atoms with Crippen LogP contribution in [0, 0.1) is 5.82 Å². The fraction of sp³-hybridized carbons (Fsp3) is 0.538. The molecule has 0 radical (unpaired) electrons. The second-order valence-corrected chi connectivity index (χ2v) is 4.87. The van der Waals surface area contributed by atoms with Crippen LogP contribution < -0.4 is 5.48 Å². The van der Waals surface area contributed by atoms with Crippen LogP contribution in [0.5, 0.6) is 0 Å². The van der Waals surface area contributed by atoms with Crippen LogP contribution in [0.3, 0.4) is 0 Å². The van der Waals surface area contributed by atoms with Crippen molar-refractivity contribution in [1.29, 1.82) is 0 Å². The highest BCUT2D eigenvalue weighted by atomic mass is 19.1. The summed E-state index contributed by atoms with van der Waals surface area (Å²) < 4.78 is 19.7. The van der Waals surface area contributed by atoms with Crippen molar-refractivity contribution in [3.8, 4) is 0 Å². The van der Waals surface area contributed by atoms with Gasteiger partial charge in [-0.3, -0.25) is 4.84 Å². The zero-order valence-corrected chi connectivity index (χ0v) is 9.78. The number of fused-ring (bicyclic) bond motifs is 1. The van der Waals surface area contributed by atoms with Crippen molar-refractivity contribution in [3.05, 3.63) is 35.6 Å². The fourth-order valence-corrected chi connectivity index (χ4v) is 2.76. The molecule has 2 aliphatic rings. The molecule has 1 aromatic carbocycles. The average Bonchev–Trinajstić information content (AvgIpc) is 2.70. The third-order valence-electron chi connectivity index (χ3n) is 3.69. The van der Waals surface area contributed by atoms with E-state index in [1.807, 2.05) is 13.0 Å². The Hall–Kier alpha value is -0.970. The van der Waals surface area contributed by atoms with Crippen LogP contribution in [0.15, 0.2) is 24.3 Å². The van der Waals surface area contributed by atoms with Crippen LogP contribution >= 0.6 is 0 Å². The molecule has 0 amide bonds. The largest absolute Gasteiger partial charge is 0.373 e. The van der Waals surface area contributed by atoms with Crippen LogP contribution in [-0.2, 0) is 15.1 Å². The molecule has 4 heteroatoms. The highest BCUT2D eigenvalue weighted by molar-refractivity contribution is 5.28. The standard InChI is InChI=1S/C13H16FNO2/c1-13(9-5-2-3-6-10(9)14)12-11(17-15-13)7-4-8-16-12/h2-3,5-6,11-12,15H,4,7-8H2,1H3/t11-,12+,13-/m1/s1. The average molecular weight is 237 g/mol. The van der Waals surface area contributed by atoms with E-state index >= 15 is 0 Å². The number of hydrogen-bond acceptors (Lipinski definition) is 3. The Morgan fingerprint density at radius 2 is 2.24 bits per heavy atom. The Kier molecular flexibility index (Phi) is 2.65. The summed E-state index contributed by atoms with van der Waals surface area (Å²) in [6.45, 7) is 2.65. The summed E-state index contributed by atoms with van der Waals surface area (Å²) in [6.07, 6.45) is 1.86. The van der Waals surface area contributed by atoms with Gasteiger partial charge in [0, 0.05) is 12.2 Å². The number of nitrogens with one attached hydrogen (secondary N) is 1. The number of halogens is 1. The zero-order valence-electron chi connectivity index (χ0n) is 9.78. The summed E-state index contributed by atoms with van der Waals surface area (Å²) in [5, 5.41) is 0. The summed E-state index contributed by atoms with van der Waals surface area (Å²) in [5.41, 5.74) is 2.97. The van der Waals surface area contributed by atoms with Crippen molar-refractivity contribution in [2.24, 2.45) is 0 Å². The van der Waals surface area contributed by atoms with Gasteiger partial charge in [-0.15, -0.1) is 0 Å². The molecule has 2 fully saturated rings. The van der Waals surface area contributed by atoms with Crippen LogP contribution in [-0.4, -0.2) is 18.8 Å². The van der Waals surface area contributed by atoms with Gasteiger partial charge in [-0.2, -0.15) is 5.48 Å². The molecule has 2 saturated heterocycles. The van der Waals surface area contributed by atoms with E-state index in [1.54, 1.807) is 12.1 Å². The van der Waals surface area contributed by atoms with Gasteiger partial charge >= 0.3 is 0 Å². The Balaban J connectivity index is 1.98. The maximum atomic E-state index is 13.9. The lowest BCUT2D eigenvalue weighted by Crippen LogP contribution is -2.47. The predicted octanol–water partition coefficient (Wildman–Crippen LogP) is 2.12. The molecule has 0 bridgehead atoms. The van der Waals surface area contributed by atoms with Crippen LogP contribution in [0.4, 0.5) is 4.39 Å². The topological polar surface area (TPSA) is 30.5 Å². The second-order valence-electron chi connectivity index (χ2n) is 4.87. The molecule has 0 aliphatic carbocycles. The van der Waals surface area contributed by atoms with Crippen LogP contribution in [0.1, 0.15) is 25.3 Å². The third kappa shape index (κ3) is 1.68. The molecule has 2 aliphatic heterocycles. The van der Waals surface area contributed by atoms with Gasteiger partial charge in [0.15, 0.2) is 0 Å². The lowest BCUT2D eigenvalue weighted by Gasteiger charge is -2.34. The van der Waals surface area contributed by atoms with Crippen LogP contribution in [0.25, 0.3) is 0 Å². The van der Waals surface area contributed by atoms with Crippen molar-refractivity contribution in [3.63, 3.8) is 0 Å². The van der Waals surface area contributed by atoms with Crippen molar-refractivity contribution >= 4 is 0 Å². The normalized spacial score (nSPS) is 36.8. The maximum Gasteiger partial charge on any atom is 0.128 e. The molecule has 3 nitrogen and oxygen atoms in total. The van der Waals surface area contributed by atoms with E-state index in [2.05, 4.69) is 5.48 Å². The summed E-state index contributed by atoms with van der Waals surface area (Å²) in [6, 6.07) is 6.78. The molecule has 0 aromatic heterocycles. The lowest BCUT2D eigenvalue weighted by atomic mass is 9.83. The minimum absolute atomic E-state index is 0.0216. The zero-order chi connectivity index (χ0) is 11.9. The number of ether oxygens (including phenoxy) is 1. The van der Waals surface area contributed by atoms with Gasteiger partial charge < -0.3 is 4.74 Å². The number of rotatable bonds is 1. The van der Waals surface area contributed by atoms with Crippen molar-refractivity contribution in [2.45, 2.75) is 37.5 Å². The fourth-order valence-electron chi connectivity index (χ4n) is 2.76. The van der Waals surface area contributed by atoms with E-state index in [4.69, 9.17) is 9.57 Å². The van der Waals surface area contributed by atoms with E-state index in [0.717, 1.165) is 19.4 Å². The molecule has 1 aromatic rings. The van der Waals surface area contributed by atoms with Crippen LogP contribution in [0.2, 0.25) is 0 Å². The van der Waals surface area contributed by atoms with E-state index in [9.17, 15) is 4.39 Å². The second kappa shape index (κ2) is 4.05. The van der Waals surface area contributed by atoms with E-state index in [0.29, 0.717) is 5.56 Å². The number of benzene rings is 1. The molecule has 0 spiro atoms. The Morgan fingerprint density at radius 1 is 1.41 bits per heavy atom. The summed E-state index contributed by atoms with van der Waals surface area (Å²) in [7, 11) is 0. The van der Waals surface area contributed by atoms with Gasteiger partial charge in [0.25, 0.3) is 0 Å². The first-order chi connectivity index (χ1) is 8.22. The highest BCUT2D eigenvalue weighted by Gasteiger charge is 2.50. The Bertz CT molecular complexity index is 426. The minimum atomic E-state index is -0.601.